The van der Waals surface area contributed by atoms with E-state index in [4.69, 9.17) is 28.7 Å². The highest BCUT2D eigenvalue weighted by Crippen LogP contribution is 2.48. The topological polar surface area (TPSA) is 438 Å². The van der Waals surface area contributed by atoms with E-state index >= 15 is 0 Å². The summed E-state index contributed by atoms with van der Waals surface area (Å²) in [5.41, 5.74) is 28.4. The van der Waals surface area contributed by atoms with Crippen LogP contribution in [0.25, 0.3) is 0 Å². The van der Waals surface area contributed by atoms with Crippen LogP contribution in [0.15, 0.2) is 59.6 Å². The van der Waals surface area contributed by atoms with Gasteiger partial charge >= 0.3 is 0 Å². The zero-order chi connectivity index (χ0) is 57.6. The third-order valence-electron chi connectivity index (χ3n) is 13.5. The number of phenolic OH excluding ortho intramolecular Hbond substituents is 1. The van der Waals surface area contributed by atoms with Crippen molar-refractivity contribution in [2.45, 2.75) is 143 Å². The van der Waals surface area contributed by atoms with Crippen LogP contribution < -0.4 is 65.9 Å². The first kappa shape index (κ1) is 62.2. The summed E-state index contributed by atoms with van der Waals surface area (Å²) in [7, 11) is 2.48. The molecule has 28 heteroatoms. The molecule has 3 aliphatic rings. The first-order valence-corrected chi connectivity index (χ1v) is 28.4. The van der Waals surface area contributed by atoms with Gasteiger partial charge in [0.2, 0.25) is 65.0 Å². The molecule has 18 N–H and O–H groups in total. The monoisotopic (exact) mass is 1140 g/mol. The Morgan fingerprint density at radius 3 is 1.96 bits per heavy atom. The minimum absolute atomic E-state index is 0.0146. The second-order valence-electron chi connectivity index (χ2n) is 19.8. The molecule has 1 saturated carbocycles. The van der Waals surface area contributed by atoms with E-state index in [1.54, 1.807) is 42.5 Å². The Bertz CT molecular complexity index is 2550. The van der Waals surface area contributed by atoms with Crippen molar-refractivity contribution in [1.82, 2.24) is 42.1 Å². The largest absolute Gasteiger partial charge is 0.508 e. The molecule has 2 aromatic rings. The van der Waals surface area contributed by atoms with Crippen molar-refractivity contribution in [2.24, 2.45) is 33.7 Å². The van der Waals surface area contributed by atoms with Crippen molar-refractivity contribution in [1.29, 1.82) is 0 Å². The van der Waals surface area contributed by atoms with Crippen LogP contribution >= 0.6 is 21.6 Å². The lowest BCUT2D eigenvalue weighted by atomic mass is 9.85. The maximum atomic E-state index is 14.9. The lowest BCUT2D eigenvalue weighted by molar-refractivity contribution is -0.142. The molecule has 2 aromatic carbocycles. The first-order valence-electron chi connectivity index (χ1n) is 26.0. The summed E-state index contributed by atoms with van der Waals surface area (Å²) in [6.45, 7) is -0.395. The molecule has 1 spiro atoms. The Labute approximate surface area is 464 Å². The predicted molar refractivity (Wildman–Crippen MR) is 293 cm³/mol. The number of likely N-dealkylation sites (tertiary alicyclic amines) is 1. The van der Waals surface area contributed by atoms with Crippen LogP contribution in [-0.4, -0.2) is 153 Å². The second kappa shape index (κ2) is 30.5. The van der Waals surface area contributed by atoms with Crippen LogP contribution in [-0.2, 0) is 65.6 Å². The number of aromatic hydroxyl groups is 1. The number of primary amides is 3. The molecule has 2 saturated heterocycles. The van der Waals surface area contributed by atoms with E-state index in [-0.39, 0.29) is 69.1 Å². The van der Waals surface area contributed by atoms with Crippen molar-refractivity contribution in [3.05, 3.63) is 65.7 Å². The fourth-order valence-electron chi connectivity index (χ4n) is 9.46. The van der Waals surface area contributed by atoms with Gasteiger partial charge in [-0.05, 0) is 68.2 Å². The van der Waals surface area contributed by atoms with Gasteiger partial charge < -0.3 is 75.9 Å². The number of aliphatic imine (C=N–C) groups is 1. The number of carbonyl (C=O) groups is 11. The fourth-order valence-corrected chi connectivity index (χ4v) is 12.8. The van der Waals surface area contributed by atoms with Gasteiger partial charge in [0, 0.05) is 49.3 Å². The summed E-state index contributed by atoms with van der Waals surface area (Å²) in [6, 6.07) is 4.67. The normalized spacial score (nSPS) is 22.8. The molecule has 430 valence electrons. The van der Waals surface area contributed by atoms with Crippen LogP contribution in [0.1, 0.15) is 94.6 Å². The Morgan fingerprint density at radius 1 is 0.722 bits per heavy atom. The number of amides is 11. The van der Waals surface area contributed by atoms with Crippen LogP contribution in [0, 0.1) is 0 Å². The lowest BCUT2D eigenvalue weighted by Gasteiger charge is -2.37. The highest BCUT2D eigenvalue weighted by Gasteiger charge is 2.42. The van der Waals surface area contributed by atoms with E-state index in [9.17, 15) is 57.8 Å². The average molecular weight is 1140 g/mol. The first-order chi connectivity index (χ1) is 37.6. The van der Waals surface area contributed by atoms with Gasteiger partial charge in [-0.1, -0.05) is 83.3 Å². The molecule has 79 heavy (non-hydrogen) atoms. The number of hydrogen-bond donors (Lipinski definition) is 13. The Kier molecular flexibility index (Phi) is 24.0. The quantitative estimate of drug-likeness (QED) is 0.0296. The van der Waals surface area contributed by atoms with Crippen molar-refractivity contribution in [2.75, 3.05) is 25.4 Å². The summed E-state index contributed by atoms with van der Waals surface area (Å²) < 4.78 is -0.759. The van der Waals surface area contributed by atoms with E-state index in [0.29, 0.717) is 30.4 Å². The number of carbonyl (C=O) groups excluding carboxylic acids is 11. The predicted octanol–water partition coefficient (Wildman–Crippen LogP) is -2.64. The van der Waals surface area contributed by atoms with E-state index in [2.05, 4.69) is 42.2 Å². The SMILES string of the molecule is NC(=O)CC[C@@H]1NC(=O)[C@H](Cc2ccccc2)NC(=O)[C@H](Cc2ccc(O)cc2)NC(=O)CC2(CCCCC2)SSC[C@H](C(=O)N2CCC[C@H]2C(=O)N[C@@H](CCCN=C(N)N)C(=O)NCC(N)=O)NC(=O)[C@H](CC(N)=O)NC1=O. The Hall–Kier alpha value is -7.62. The van der Waals surface area contributed by atoms with Gasteiger partial charge in [0.15, 0.2) is 5.96 Å². The Balaban J connectivity index is 1.53. The molecule has 3 fully saturated rings. The number of phenols is 1. The number of hydrogen-bond acceptors (Lipinski definition) is 15. The molecule has 26 nitrogen and oxygen atoms in total. The molecular weight excluding hydrogens is 1060 g/mol. The van der Waals surface area contributed by atoms with Gasteiger partial charge in [-0.25, -0.2) is 0 Å². The minimum atomic E-state index is -1.78. The fraction of sp³-hybridized carbons (Fsp3) is 0.529. The smallest absolute Gasteiger partial charge is 0.246 e. The summed E-state index contributed by atoms with van der Waals surface area (Å²) in [4.78, 5) is 156. The minimum Gasteiger partial charge on any atom is -0.508 e. The molecule has 5 rings (SSSR count). The van der Waals surface area contributed by atoms with Crippen molar-refractivity contribution in [3.63, 3.8) is 0 Å². The van der Waals surface area contributed by atoms with Crippen LogP contribution in [0.4, 0.5) is 0 Å². The summed E-state index contributed by atoms with van der Waals surface area (Å²) in [5.74, 6) is -9.66. The third kappa shape index (κ3) is 20.3. The molecule has 0 aromatic heterocycles. The van der Waals surface area contributed by atoms with Crippen LogP contribution in [0.2, 0.25) is 0 Å². The van der Waals surface area contributed by atoms with Gasteiger partial charge in [0.1, 0.15) is 48.0 Å². The Morgan fingerprint density at radius 2 is 1.33 bits per heavy atom. The number of nitrogens with one attached hydrogen (secondary N) is 7. The van der Waals surface area contributed by atoms with Gasteiger partial charge in [0.25, 0.3) is 0 Å². The van der Waals surface area contributed by atoms with Crippen molar-refractivity contribution in [3.8, 4) is 5.75 Å². The van der Waals surface area contributed by atoms with Crippen molar-refractivity contribution < 1.29 is 57.8 Å². The number of rotatable bonds is 19. The molecule has 0 bridgehead atoms. The standard InChI is InChI=1S/C51H72N14O12S2/c52-39(67)18-17-33-44(72)63-36(25-40(53)68)47(75)64-37(49(77)65-22-8-12-38(65)48(76)61-32(11-7-21-57-50(55)56)43(71)58-27-41(54)69)28-78-79-51(19-5-2-6-20-51)26-42(70)59-34(24-30-13-15-31(66)16-14-30)45(73)62-35(46(74)60-33)23-29-9-3-1-4-10-29/h1,3-4,9-10,13-16,32-38,66H,2,5-8,11-12,17-28H2,(H2,52,67)(H2,53,68)(H2,54,69)(H,58,71)(H,59,70)(H,60,74)(H,61,76)(H,62,73)(H,63,72)(H,64,75)(H4,55,56,57)/t32-,33-,34-,35-,36-,37+,38-/m0/s1. The summed E-state index contributed by atoms with van der Waals surface area (Å²) >= 11 is 0. The van der Waals surface area contributed by atoms with E-state index in [1.165, 1.54) is 38.6 Å². The van der Waals surface area contributed by atoms with Gasteiger partial charge in [-0.3, -0.25) is 57.7 Å². The summed E-state index contributed by atoms with van der Waals surface area (Å²) in [5, 5.41) is 28.4. The molecule has 0 radical (unpaired) electrons. The van der Waals surface area contributed by atoms with Crippen LogP contribution in [0.5, 0.6) is 5.75 Å². The lowest BCUT2D eigenvalue weighted by Crippen LogP contribution is -2.61. The third-order valence-corrected chi connectivity index (χ3v) is 16.8. The zero-order valence-corrected chi connectivity index (χ0v) is 45.3. The zero-order valence-electron chi connectivity index (χ0n) is 43.7. The number of benzene rings is 2. The average Bonchev–Trinajstić information content (AvgIpc) is 3.98. The second-order valence-corrected chi connectivity index (χ2v) is 22.6. The highest BCUT2D eigenvalue weighted by atomic mass is 33.1. The number of nitrogens with two attached hydrogens (primary N) is 5. The maximum absolute atomic E-state index is 14.9. The van der Waals surface area contributed by atoms with Crippen LogP contribution in [0.3, 0.4) is 0 Å². The van der Waals surface area contributed by atoms with E-state index in [1.807, 2.05) is 0 Å². The van der Waals surface area contributed by atoms with E-state index in [0.717, 1.165) is 19.3 Å². The highest BCUT2D eigenvalue weighted by molar-refractivity contribution is 8.77. The molecule has 2 heterocycles. The molecule has 0 unspecified atom stereocenters. The van der Waals surface area contributed by atoms with Gasteiger partial charge in [0.05, 0.1) is 13.0 Å². The maximum Gasteiger partial charge on any atom is 0.246 e. The molecule has 2 aliphatic heterocycles. The molecule has 1 aliphatic carbocycles. The number of guanidine groups is 1. The van der Waals surface area contributed by atoms with Gasteiger partial charge in [-0.15, -0.1) is 0 Å². The molecule has 11 amide bonds. The van der Waals surface area contributed by atoms with Gasteiger partial charge in [-0.2, -0.15) is 0 Å². The summed E-state index contributed by atoms with van der Waals surface area (Å²) in [6.07, 6.45) is 2.21. The number of nitrogens with zero attached hydrogens (tertiary/aromatic N) is 2. The van der Waals surface area contributed by atoms with E-state index < -0.39 is 138 Å². The van der Waals surface area contributed by atoms with Crippen molar-refractivity contribution >= 4 is 92.5 Å². The molecule has 7 atom stereocenters. The molecular formula is C51H72N14O12S2.